The lowest BCUT2D eigenvalue weighted by Gasteiger charge is -2.20. The van der Waals surface area contributed by atoms with Crippen molar-refractivity contribution >= 4 is 39.6 Å². The second kappa shape index (κ2) is 9.12. The number of carbonyl (C=O) groups is 2. The van der Waals surface area contributed by atoms with Gasteiger partial charge in [0.05, 0.1) is 12.5 Å². The normalized spacial score (nSPS) is 13.2. The van der Waals surface area contributed by atoms with E-state index in [-0.39, 0.29) is 18.9 Å². The van der Waals surface area contributed by atoms with Gasteiger partial charge in [-0.15, -0.1) is 0 Å². The minimum absolute atomic E-state index is 0.0750. The number of benzene rings is 3. The lowest BCUT2D eigenvalue weighted by molar-refractivity contribution is -0.137. The number of fused-ring (bicyclic) bond motifs is 3. The number of alkyl carbamates (subject to hydrolysis) is 1. The van der Waals surface area contributed by atoms with Crippen LogP contribution in [-0.4, -0.2) is 23.8 Å². The van der Waals surface area contributed by atoms with Gasteiger partial charge in [0.15, 0.2) is 0 Å². The Morgan fingerprint density at radius 2 is 1.65 bits per heavy atom. The van der Waals surface area contributed by atoms with Gasteiger partial charge < -0.3 is 15.2 Å². The molecule has 0 fully saturated rings. The molecular formula is C24H19BrClNO4. The van der Waals surface area contributed by atoms with Crippen molar-refractivity contribution < 1.29 is 19.4 Å². The fourth-order valence-electron chi connectivity index (χ4n) is 3.98. The number of hydrogen-bond acceptors (Lipinski definition) is 3. The summed E-state index contributed by atoms with van der Waals surface area (Å²) < 4.78 is 6.21. The molecule has 4 rings (SSSR count). The molecule has 1 aliphatic carbocycles. The summed E-state index contributed by atoms with van der Waals surface area (Å²) in [7, 11) is 0. The number of amides is 1. The van der Waals surface area contributed by atoms with Gasteiger partial charge in [-0.1, -0.05) is 76.1 Å². The highest BCUT2D eigenvalue weighted by Crippen LogP contribution is 2.44. The van der Waals surface area contributed by atoms with E-state index in [9.17, 15) is 14.7 Å². The third-order valence-electron chi connectivity index (χ3n) is 5.35. The van der Waals surface area contributed by atoms with Crippen molar-refractivity contribution in [2.45, 2.75) is 18.4 Å². The molecule has 1 aliphatic rings. The van der Waals surface area contributed by atoms with Crippen molar-refractivity contribution in [3.8, 4) is 11.1 Å². The molecule has 0 radical (unpaired) electrons. The first-order valence-electron chi connectivity index (χ1n) is 9.72. The van der Waals surface area contributed by atoms with E-state index >= 15 is 0 Å². The Kier molecular flexibility index (Phi) is 6.30. The topological polar surface area (TPSA) is 75.6 Å². The van der Waals surface area contributed by atoms with E-state index in [0.29, 0.717) is 15.1 Å². The number of ether oxygens (including phenoxy) is 1. The summed E-state index contributed by atoms with van der Waals surface area (Å²) in [5.74, 6) is -1.12. The molecule has 0 saturated carbocycles. The van der Waals surface area contributed by atoms with Gasteiger partial charge in [-0.3, -0.25) is 4.79 Å². The summed E-state index contributed by atoms with van der Waals surface area (Å²) in [5.41, 5.74) is 5.06. The molecular weight excluding hydrogens is 482 g/mol. The first-order chi connectivity index (χ1) is 14.9. The van der Waals surface area contributed by atoms with Gasteiger partial charge in [-0.05, 0) is 46.0 Å². The van der Waals surface area contributed by atoms with Gasteiger partial charge in [-0.25, -0.2) is 4.79 Å². The Bertz CT molecular complexity index is 1100. The summed E-state index contributed by atoms with van der Waals surface area (Å²) in [4.78, 5) is 24.0. The molecule has 1 atom stereocenters. The molecule has 0 aromatic heterocycles. The predicted molar refractivity (Wildman–Crippen MR) is 122 cm³/mol. The molecule has 3 aromatic carbocycles. The number of halogens is 2. The summed E-state index contributed by atoms with van der Waals surface area (Å²) in [5, 5.41) is 12.4. The molecule has 0 spiro atoms. The second-order valence-corrected chi connectivity index (χ2v) is 8.58. The van der Waals surface area contributed by atoms with Gasteiger partial charge in [0, 0.05) is 15.4 Å². The van der Waals surface area contributed by atoms with Crippen LogP contribution in [0.3, 0.4) is 0 Å². The van der Waals surface area contributed by atoms with Gasteiger partial charge in [0.25, 0.3) is 0 Å². The van der Waals surface area contributed by atoms with Crippen molar-refractivity contribution in [1.82, 2.24) is 5.32 Å². The van der Waals surface area contributed by atoms with E-state index in [1.807, 2.05) is 36.4 Å². The molecule has 0 heterocycles. The van der Waals surface area contributed by atoms with Gasteiger partial charge in [0.2, 0.25) is 0 Å². The van der Waals surface area contributed by atoms with Crippen molar-refractivity contribution in [3.63, 3.8) is 0 Å². The van der Waals surface area contributed by atoms with Crippen molar-refractivity contribution in [3.05, 3.63) is 92.9 Å². The molecule has 7 heteroatoms. The molecule has 3 aromatic rings. The van der Waals surface area contributed by atoms with Crippen molar-refractivity contribution in [1.29, 1.82) is 0 Å². The summed E-state index contributed by atoms with van der Waals surface area (Å²) in [6, 6.07) is 20.4. The Morgan fingerprint density at radius 3 is 2.26 bits per heavy atom. The van der Waals surface area contributed by atoms with E-state index in [4.69, 9.17) is 16.3 Å². The Hall–Kier alpha value is -2.83. The minimum Gasteiger partial charge on any atom is -0.481 e. The fourth-order valence-corrected chi connectivity index (χ4v) is 4.68. The fraction of sp³-hybridized carbons (Fsp3) is 0.167. The third kappa shape index (κ3) is 4.60. The van der Waals surface area contributed by atoms with Gasteiger partial charge >= 0.3 is 12.1 Å². The summed E-state index contributed by atoms with van der Waals surface area (Å²) in [6.45, 7) is 0.149. The zero-order valence-electron chi connectivity index (χ0n) is 16.3. The van der Waals surface area contributed by atoms with E-state index < -0.39 is 18.1 Å². The van der Waals surface area contributed by atoms with Crippen LogP contribution in [0.1, 0.15) is 35.1 Å². The highest BCUT2D eigenvalue weighted by atomic mass is 79.9. The van der Waals surface area contributed by atoms with Crippen LogP contribution in [-0.2, 0) is 9.53 Å². The number of nitrogens with one attached hydrogen (secondary N) is 1. The number of carboxylic acid groups (broad SMARTS) is 1. The van der Waals surface area contributed by atoms with Crippen LogP contribution in [0, 0.1) is 0 Å². The molecule has 158 valence electrons. The van der Waals surface area contributed by atoms with Crippen LogP contribution in [0.4, 0.5) is 4.79 Å². The van der Waals surface area contributed by atoms with Crippen LogP contribution >= 0.6 is 27.5 Å². The molecule has 2 N–H and O–H groups in total. The minimum atomic E-state index is -1.05. The van der Waals surface area contributed by atoms with Crippen molar-refractivity contribution in [2.24, 2.45) is 0 Å². The Morgan fingerprint density at radius 1 is 1.03 bits per heavy atom. The van der Waals surface area contributed by atoms with Crippen LogP contribution in [0.25, 0.3) is 11.1 Å². The summed E-state index contributed by atoms with van der Waals surface area (Å²) in [6.07, 6.45) is -0.983. The first-order valence-corrected chi connectivity index (χ1v) is 10.9. The molecule has 1 unspecified atom stereocenters. The molecule has 0 bridgehead atoms. The lowest BCUT2D eigenvalue weighted by atomic mass is 9.98. The smallest absolute Gasteiger partial charge is 0.407 e. The number of carboxylic acids is 1. The quantitative estimate of drug-likeness (QED) is 0.425. The van der Waals surface area contributed by atoms with Crippen LogP contribution in [0.2, 0.25) is 5.02 Å². The zero-order chi connectivity index (χ0) is 22.0. The Balaban J connectivity index is 1.50. The highest BCUT2D eigenvalue weighted by molar-refractivity contribution is 9.10. The largest absolute Gasteiger partial charge is 0.481 e. The molecule has 31 heavy (non-hydrogen) atoms. The monoisotopic (exact) mass is 499 g/mol. The predicted octanol–water partition coefficient (Wildman–Crippen LogP) is 6.16. The maximum absolute atomic E-state index is 12.6. The van der Waals surface area contributed by atoms with Crippen LogP contribution in [0.5, 0.6) is 0 Å². The first kappa shape index (κ1) is 21.4. The SMILES string of the molecule is O=C(O)CC(NC(=O)OCC1c2ccccc2-c2ccccc21)c1cc(Cl)ccc1Br. The van der Waals surface area contributed by atoms with Crippen LogP contribution < -0.4 is 5.32 Å². The van der Waals surface area contributed by atoms with E-state index in [0.717, 1.165) is 22.3 Å². The van der Waals surface area contributed by atoms with E-state index in [1.54, 1.807) is 18.2 Å². The average Bonchev–Trinajstić information content (AvgIpc) is 3.07. The molecule has 1 amide bonds. The zero-order valence-corrected chi connectivity index (χ0v) is 18.7. The van der Waals surface area contributed by atoms with Gasteiger partial charge in [0.1, 0.15) is 6.61 Å². The molecule has 5 nitrogen and oxygen atoms in total. The van der Waals surface area contributed by atoms with E-state index in [2.05, 4.69) is 33.4 Å². The highest BCUT2D eigenvalue weighted by Gasteiger charge is 2.29. The maximum Gasteiger partial charge on any atom is 0.407 e. The number of rotatable bonds is 6. The van der Waals surface area contributed by atoms with Gasteiger partial charge in [-0.2, -0.15) is 0 Å². The number of hydrogen-bond donors (Lipinski definition) is 2. The maximum atomic E-state index is 12.6. The number of carbonyl (C=O) groups excluding carboxylic acids is 1. The standard InChI is InChI=1S/C24H19BrClNO4/c25-21-10-9-14(26)11-19(21)22(12-23(28)29)27-24(30)31-13-20-17-7-3-1-5-15(17)16-6-2-4-8-18(16)20/h1-11,20,22H,12-13H2,(H,27,30)(H,28,29). The third-order valence-corrected chi connectivity index (χ3v) is 6.31. The summed E-state index contributed by atoms with van der Waals surface area (Å²) >= 11 is 9.46. The lowest BCUT2D eigenvalue weighted by Crippen LogP contribution is -2.32. The second-order valence-electron chi connectivity index (χ2n) is 7.29. The average molecular weight is 501 g/mol. The molecule has 0 aliphatic heterocycles. The molecule has 0 saturated heterocycles. The van der Waals surface area contributed by atoms with Crippen molar-refractivity contribution in [2.75, 3.05) is 6.61 Å². The Labute approximate surface area is 193 Å². The van der Waals surface area contributed by atoms with Crippen LogP contribution in [0.15, 0.2) is 71.2 Å². The van der Waals surface area contributed by atoms with E-state index in [1.165, 1.54) is 0 Å². The number of aliphatic carboxylic acids is 1.